The van der Waals surface area contributed by atoms with Crippen molar-refractivity contribution >= 4 is 39.0 Å². The molecular weight excluding hydrogens is 280 g/mol. The van der Waals surface area contributed by atoms with Crippen LogP contribution in [-0.2, 0) is 0 Å². The molecule has 3 aromatic rings. The van der Waals surface area contributed by atoms with E-state index >= 15 is 0 Å². The lowest BCUT2D eigenvalue weighted by Gasteiger charge is -2.09. The molecule has 5 heteroatoms. The number of fused-ring (bicyclic) bond motifs is 1. The maximum Gasteiger partial charge on any atom is 0.223 e. The van der Waals surface area contributed by atoms with Crippen LogP contribution in [-0.4, -0.2) is 9.97 Å². The van der Waals surface area contributed by atoms with E-state index in [1.54, 1.807) is 11.3 Å². The Morgan fingerprint density at radius 3 is 2.52 bits per heavy atom. The van der Waals surface area contributed by atoms with Gasteiger partial charge < -0.3 is 11.1 Å². The number of aromatic nitrogens is 2. The summed E-state index contributed by atoms with van der Waals surface area (Å²) in [5.41, 5.74) is 8.12. The van der Waals surface area contributed by atoms with Gasteiger partial charge in [-0.05, 0) is 36.6 Å². The van der Waals surface area contributed by atoms with Gasteiger partial charge in [0, 0.05) is 10.6 Å². The summed E-state index contributed by atoms with van der Waals surface area (Å²) < 4.78 is 0. The fourth-order valence-electron chi connectivity index (χ4n) is 2.24. The van der Waals surface area contributed by atoms with Gasteiger partial charge in [-0.2, -0.15) is 4.98 Å². The largest absolute Gasteiger partial charge is 0.368 e. The van der Waals surface area contributed by atoms with Crippen LogP contribution in [0.2, 0.25) is 0 Å². The Kier molecular flexibility index (Phi) is 3.51. The summed E-state index contributed by atoms with van der Waals surface area (Å²) >= 11 is 1.63. The number of hydrogen-bond donors (Lipinski definition) is 2. The highest BCUT2D eigenvalue weighted by Gasteiger charge is 2.09. The topological polar surface area (TPSA) is 63.8 Å². The summed E-state index contributed by atoms with van der Waals surface area (Å²) in [4.78, 5) is 10.7. The Hall–Kier alpha value is -2.14. The standard InChI is InChI=1S/C16H18N4S/c1-9(2)11-4-6-12(7-5-11)18-14-13-8-10(3)21-15(13)20-16(17)19-14/h4-9H,1-3H3,(H3,17,18,19,20). The van der Waals surface area contributed by atoms with E-state index in [-0.39, 0.29) is 0 Å². The van der Waals surface area contributed by atoms with Crippen molar-refractivity contribution in [3.8, 4) is 0 Å². The lowest BCUT2D eigenvalue weighted by atomic mass is 10.0. The molecule has 108 valence electrons. The van der Waals surface area contributed by atoms with Crippen LogP contribution >= 0.6 is 11.3 Å². The second-order valence-electron chi connectivity index (χ2n) is 5.41. The molecule has 3 N–H and O–H groups in total. The molecule has 0 aliphatic carbocycles. The molecule has 1 aromatic carbocycles. The third-order valence-electron chi connectivity index (χ3n) is 3.37. The van der Waals surface area contributed by atoms with Crippen LogP contribution in [0.4, 0.5) is 17.5 Å². The second-order valence-corrected chi connectivity index (χ2v) is 6.64. The summed E-state index contributed by atoms with van der Waals surface area (Å²) in [5.74, 6) is 1.59. The Morgan fingerprint density at radius 2 is 1.86 bits per heavy atom. The molecule has 0 saturated carbocycles. The molecule has 0 spiro atoms. The molecule has 21 heavy (non-hydrogen) atoms. The molecule has 0 atom stereocenters. The van der Waals surface area contributed by atoms with Crippen LogP contribution < -0.4 is 11.1 Å². The quantitative estimate of drug-likeness (QED) is 0.750. The van der Waals surface area contributed by atoms with Gasteiger partial charge in [0.05, 0.1) is 5.39 Å². The highest BCUT2D eigenvalue weighted by Crippen LogP contribution is 2.31. The molecule has 4 nitrogen and oxygen atoms in total. The first kappa shape index (κ1) is 13.8. The van der Waals surface area contributed by atoms with Crippen molar-refractivity contribution in [3.05, 3.63) is 40.8 Å². The molecule has 3 rings (SSSR count). The summed E-state index contributed by atoms with van der Waals surface area (Å²) in [6, 6.07) is 10.5. The summed E-state index contributed by atoms with van der Waals surface area (Å²) in [6.07, 6.45) is 0. The molecule has 0 amide bonds. The normalized spacial score (nSPS) is 11.2. The Balaban J connectivity index is 1.97. The third kappa shape index (κ3) is 2.83. The molecule has 0 bridgehead atoms. The van der Waals surface area contributed by atoms with Crippen LogP contribution in [0.25, 0.3) is 10.2 Å². The van der Waals surface area contributed by atoms with Crippen molar-refractivity contribution in [2.45, 2.75) is 26.7 Å². The van der Waals surface area contributed by atoms with E-state index < -0.39 is 0 Å². The van der Waals surface area contributed by atoms with E-state index in [0.29, 0.717) is 11.9 Å². The zero-order valence-electron chi connectivity index (χ0n) is 12.3. The average molecular weight is 298 g/mol. The highest BCUT2D eigenvalue weighted by atomic mass is 32.1. The smallest absolute Gasteiger partial charge is 0.223 e. The number of thiophene rings is 1. The second kappa shape index (κ2) is 5.33. The Bertz CT molecular complexity index is 775. The van der Waals surface area contributed by atoms with E-state index in [0.717, 1.165) is 21.7 Å². The molecular formula is C16H18N4S. The molecule has 0 saturated heterocycles. The number of aryl methyl sites for hydroxylation is 1. The van der Waals surface area contributed by atoms with Gasteiger partial charge in [0.25, 0.3) is 0 Å². The Labute approximate surface area is 128 Å². The van der Waals surface area contributed by atoms with Crippen molar-refractivity contribution in [1.29, 1.82) is 0 Å². The zero-order chi connectivity index (χ0) is 15.0. The van der Waals surface area contributed by atoms with Crippen molar-refractivity contribution in [1.82, 2.24) is 9.97 Å². The van der Waals surface area contributed by atoms with Gasteiger partial charge in [-0.15, -0.1) is 11.3 Å². The van der Waals surface area contributed by atoms with E-state index in [2.05, 4.69) is 66.4 Å². The van der Waals surface area contributed by atoms with Crippen molar-refractivity contribution in [2.24, 2.45) is 0 Å². The molecule has 0 aliphatic rings. The van der Waals surface area contributed by atoms with Gasteiger partial charge in [-0.25, -0.2) is 4.98 Å². The minimum atomic E-state index is 0.297. The van der Waals surface area contributed by atoms with Gasteiger partial charge in [0.2, 0.25) is 5.95 Å². The molecule has 2 heterocycles. The zero-order valence-corrected chi connectivity index (χ0v) is 13.2. The van der Waals surface area contributed by atoms with Crippen LogP contribution in [0, 0.1) is 6.92 Å². The van der Waals surface area contributed by atoms with Crippen molar-refractivity contribution in [2.75, 3.05) is 11.1 Å². The maximum absolute atomic E-state index is 5.80. The van der Waals surface area contributed by atoms with Crippen LogP contribution in [0.1, 0.15) is 30.2 Å². The van der Waals surface area contributed by atoms with E-state index in [1.807, 2.05) is 0 Å². The molecule has 0 radical (unpaired) electrons. The van der Waals surface area contributed by atoms with Gasteiger partial charge in [-0.3, -0.25) is 0 Å². The minimum absolute atomic E-state index is 0.297. The number of benzene rings is 1. The van der Waals surface area contributed by atoms with Gasteiger partial charge >= 0.3 is 0 Å². The number of nitrogen functional groups attached to an aromatic ring is 1. The summed E-state index contributed by atoms with van der Waals surface area (Å²) in [6.45, 7) is 6.43. The summed E-state index contributed by atoms with van der Waals surface area (Å²) in [7, 11) is 0. The SMILES string of the molecule is Cc1cc2c(Nc3ccc(C(C)C)cc3)nc(N)nc2s1. The number of nitrogens with two attached hydrogens (primary N) is 1. The van der Waals surface area contributed by atoms with E-state index in [4.69, 9.17) is 5.73 Å². The van der Waals surface area contributed by atoms with Gasteiger partial charge in [-0.1, -0.05) is 26.0 Å². The third-order valence-corrected chi connectivity index (χ3v) is 4.32. The predicted molar refractivity (Wildman–Crippen MR) is 90.4 cm³/mol. The molecule has 2 aromatic heterocycles. The molecule has 0 fully saturated rings. The highest BCUT2D eigenvalue weighted by molar-refractivity contribution is 7.18. The average Bonchev–Trinajstić information content (AvgIpc) is 2.79. The van der Waals surface area contributed by atoms with Crippen molar-refractivity contribution in [3.63, 3.8) is 0 Å². The number of hydrogen-bond acceptors (Lipinski definition) is 5. The monoisotopic (exact) mass is 298 g/mol. The first-order valence-electron chi connectivity index (χ1n) is 6.93. The van der Waals surface area contributed by atoms with Gasteiger partial charge in [0.15, 0.2) is 0 Å². The number of nitrogens with one attached hydrogen (secondary N) is 1. The number of rotatable bonds is 3. The summed E-state index contributed by atoms with van der Waals surface area (Å²) in [5, 5.41) is 4.36. The fourth-order valence-corrected chi connectivity index (χ4v) is 3.13. The lowest BCUT2D eigenvalue weighted by Crippen LogP contribution is -2.00. The predicted octanol–water partition coefficient (Wildman–Crippen LogP) is 4.45. The van der Waals surface area contributed by atoms with Crippen LogP contribution in [0.5, 0.6) is 0 Å². The van der Waals surface area contributed by atoms with E-state index in [1.165, 1.54) is 10.4 Å². The fraction of sp³-hybridized carbons (Fsp3) is 0.250. The minimum Gasteiger partial charge on any atom is -0.368 e. The van der Waals surface area contributed by atoms with Crippen LogP contribution in [0.3, 0.4) is 0 Å². The van der Waals surface area contributed by atoms with Crippen molar-refractivity contribution < 1.29 is 0 Å². The van der Waals surface area contributed by atoms with Crippen LogP contribution in [0.15, 0.2) is 30.3 Å². The van der Waals surface area contributed by atoms with Gasteiger partial charge in [0.1, 0.15) is 10.6 Å². The Morgan fingerprint density at radius 1 is 1.14 bits per heavy atom. The number of nitrogens with zero attached hydrogens (tertiary/aromatic N) is 2. The first-order valence-corrected chi connectivity index (χ1v) is 7.75. The molecule has 0 unspecified atom stereocenters. The maximum atomic E-state index is 5.80. The molecule has 0 aliphatic heterocycles. The lowest BCUT2D eigenvalue weighted by molar-refractivity contribution is 0.867. The van der Waals surface area contributed by atoms with E-state index in [9.17, 15) is 0 Å². The number of anilines is 3. The first-order chi connectivity index (χ1) is 10.0.